The number of non-ortho nitro benzene ring substituents is 1. The number of aryl methyl sites for hydroxylation is 1. The van der Waals surface area contributed by atoms with Crippen LogP contribution in [-0.2, 0) is 6.61 Å². The first kappa shape index (κ1) is 25.6. The highest BCUT2D eigenvalue weighted by Crippen LogP contribution is 2.36. The van der Waals surface area contributed by atoms with Gasteiger partial charge in [-0.1, -0.05) is 36.0 Å². The monoisotopic (exact) mass is 521 g/mol. The van der Waals surface area contributed by atoms with Gasteiger partial charge in [0.1, 0.15) is 29.2 Å². The van der Waals surface area contributed by atoms with Crippen LogP contribution in [0.3, 0.4) is 0 Å². The number of hydrogen-bond donors (Lipinski definition) is 0. The highest BCUT2D eigenvalue weighted by atomic mass is 32.2. The van der Waals surface area contributed by atoms with Crippen molar-refractivity contribution in [2.24, 2.45) is 0 Å². The normalized spacial score (nSPS) is 11.6. The van der Waals surface area contributed by atoms with Gasteiger partial charge in [-0.05, 0) is 54.4 Å². The molecule has 1 aromatic heterocycles. The quantitative estimate of drug-likeness (QED) is 0.148. The van der Waals surface area contributed by atoms with Crippen LogP contribution in [0.5, 0.6) is 11.5 Å². The Hall–Kier alpha value is -4.45. The summed E-state index contributed by atoms with van der Waals surface area (Å²) in [6.07, 6.45) is 0. The van der Waals surface area contributed by atoms with E-state index in [1.807, 2.05) is 35.8 Å². The topological polar surface area (TPSA) is 135 Å². The maximum Gasteiger partial charge on any atom is 0.269 e. The second-order valence-corrected chi connectivity index (χ2v) is 9.14. The molecule has 4 aromatic rings. The molecule has 37 heavy (non-hydrogen) atoms. The summed E-state index contributed by atoms with van der Waals surface area (Å²) in [6.45, 7) is 1.66. The molecule has 0 radical (unpaired) electrons. The summed E-state index contributed by atoms with van der Waals surface area (Å²) in [5.41, 5.74) is 2.20. The van der Waals surface area contributed by atoms with Crippen LogP contribution in [0.25, 0.3) is 5.69 Å². The van der Waals surface area contributed by atoms with E-state index < -0.39 is 10.2 Å². The maximum atomic E-state index is 11.5. The van der Waals surface area contributed by atoms with E-state index in [9.17, 15) is 20.2 Å². The first-order valence-electron chi connectivity index (χ1n) is 11.1. The SMILES string of the molecule is COc1ccc(-n2c(C)nnc2S[C@H](C[N+](=O)[O-])c2ccc(OCc3cccc([N+](=O)[O-])c3)cc2)cc1. The summed E-state index contributed by atoms with van der Waals surface area (Å²) in [4.78, 5) is 21.6. The zero-order valence-electron chi connectivity index (χ0n) is 20.0. The molecule has 0 N–H and O–H groups in total. The van der Waals surface area contributed by atoms with Crippen molar-refractivity contribution >= 4 is 17.4 Å². The molecule has 11 nitrogen and oxygen atoms in total. The van der Waals surface area contributed by atoms with E-state index >= 15 is 0 Å². The molecule has 0 aliphatic rings. The Bertz CT molecular complexity index is 1390. The smallest absolute Gasteiger partial charge is 0.269 e. The molecule has 0 spiro atoms. The van der Waals surface area contributed by atoms with Crippen LogP contribution in [0.1, 0.15) is 22.2 Å². The minimum atomic E-state index is -0.526. The number of thioether (sulfide) groups is 1. The van der Waals surface area contributed by atoms with Crippen LogP contribution in [0, 0.1) is 27.2 Å². The number of nitro benzene ring substituents is 1. The molecule has 12 heteroatoms. The van der Waals surface area contributed by atoms with Gasteiger partial charge in [0.25, 0.3) is 5.69 Å². The largest absolute Gasteiger partial charge is 0.497 e. The first-order valence-corrected chi connectivity index (χ1v) is 12.0. The average Bonchev–Trinajstić information content (AvgIpc) is 3.27. The Kier molecular flexibility index (Phi) is 7.98. The third kappa shape index (κ3) is 6.41. The number of ether oxygens (including phenoxy) is 2. The lowest BCUT2D eigenvalue weighted by molar-refractivity contribution is -0.479. The molecule has 0 saturated carbocycles. The molecule has 0 aliphatic heterocycles. The number of aromatic nitrogens is 3. The first-order chi connectivity index (χ1) is 17.8. The van der Waals surface area contributed by atoms with E-state index in [2.05, 4.69) is 10.2 Å². The van der Waals surface area contributed by atoms with Crippen molar-refractivity contribution in [3.8, 4) is 17.2 Å². The second-order valence-electron chi connectivity index (χ2n) is 7.97. The number of rotatable bonds is 11. The highest BCUT2D eigenvalue weighted by Gasteiger charge is 2.24. The lowest BCUT2D eigenvalue weighted by Crippen LogP contribution is -2.11. The molecular weight excluding hydrogens is 498 g/mol. The van der Waals surface area contributed by atoms with Crippen molar-refractivity contribution in [1.82, 2.24) is 14.8 Å². The van der Waals surface area contributed by atoms with Gasteiger partial charge in [0.2, 0.25) is 6.54 Å². The average molecular weight is 522 g/mol. The van der Waals surface area contributed by atoms with Crippen molar-refractivity contribution < 1.29 is 19.3 Å². The molecule has 3 aromatic carbocycles. The van der Waals surface area contributed by atoms with Crippen LogP contribution >= 0.6 is 11.8 Å². The molecule has 0 saturated heterocycles. The molecule has 1 atom stereocenters. The van der Waals surface area contributed by atoms with Gasteiger partial charge in [-0.15, -0.1) is 10.2 Å². The summed E-state index contributed by atoms with van der Waals surface area (Å²) in [5, 5.41) is 30.9. The molecule has 190 valence electrons. The van der Waals surface area contributed by atoms with E-state index in [0.717, 1.165) is 11.3 Å². The Morgan fingerprint density at radius 3 is 2.32 bits per heavy atom. The van der Waals surface area contributed by atoms with E-state index in [1.165, 1.54) is 23.9 Å². The van der Waals surface area contributed by atoms with E-state index in [-0.39, 0.29) is 23.8 Å². The summed E-state index contributed by atoms with van der Waals surface area (Å²) in [7, 11) is 1.59. The second kappa shape index (κ2) is 11.5. The minimum absolute atomic E-state index is 0.00572. The van der Waals surface area contributed by atoms with Crippen molar-refractivity contribution in [3.05, 3.63) is 110 Å². The van der Waals surface area contributed by atoms with E-state index in [1.54, 1.807) is 43.5 Å². The fourth-order valence-electron chi connectivity index (χ4n) is 3.63. The zero-order valence-corrected chi connectivity index (χ0v) is 20.8. The number of methoxy groups -OCH3 is 1. The van der Waals surface area contributed by atoms with Crippen molar-refractivity contribution in [2.75, 3.05) is 13.7 Å². The predicted octanol–water partition coefficient (Wildman–Crippen LogP) is 5.18. The Morgan fingerprint density at radius 1 is 0.973 bits per heavy atom. The van der Waals surface area contributed by atoms with E-state index in [4.69, 9.17) is 9.47 Å². The number of benzene rings is 3. The third-order valence-corrected chi connectivity index (χ3v) is 6.65. The van der Waals surface area contributed by atoms with Gasteiger partial charge in [0, 0.05) is 22.7 Å². The van der Waals surface area contributed by atoms with Crippen molar-refractivity contribution in [1.29, 1.82) is 0 Å². The Balaban J connectivity index is 1.51. The maximum absolute atomic E-state index is 11.5. The Labute approximate surface area is 216 Å². The fourth-order valence-corrected chi connectivity index (χ4v) is 4.80. The van der Waals surface area contributed by atoms with Crippen LogP contribution in [-0.4, -0.2) is 38.3 Å². The molecule has 0 unspecified atom stereocenters. The summed E-state index contributed by atoms with van der Waals surface area (Å²) >= 11 is 1.25. The van der Waals surface area contributed by atoms with Crippen LogP contribution in [0.15, 0.2) is 78.0 Å². The van der Waals surface area contributed by atoms with Crippen molar-refractivity contribution in [2.45, 2.75) is 23.9 Å². The summed E-state index contributed by atoms with van der Waals surface area (Å²) in [6, 6.07) is 20.6. The minimum Gasteiger partial charge on any atom is -0.497 e. The van der Waals surface area contributed by atoms with Gasteiger partial charge < -0.3 is 9.47 Å². The van der Waals surface area contributed by atoms with Gasteiger partial charge in [-0.25, -0.2) is 0 Å². The number of nitro groups is 2. The standard InChI is InChI=1S/C25H23N5O6S/c1-17-26-27-25(29(17)20-8-12-22(35-2)13-9-20)37-24(15-28(31)32)19-6-10-23(11-7-19)36-16-18-4-3-5-21(14-18)30(33)34/h3-14,24H,15-16H2,1-2H3/t24-/m1/s1. The van der Waals surface area contributed by atoms with Crippen LogP contribution < -0.4 is 9.47 Å². The van der Waals surface area contributed by atoms with Crippen molar-refractivity contribution in [3.63, 3.8) is 0 Å². The lowest BCUT2D eigenvalue weighted by Gasteiger charge is -2.15. The molecule has 1 heterocycles. The number of hydrogen-bond acceptors (Lipinski definition) is 9. The molecule has 4 rings (SSSR count). The van der Waals surface area contributed by atoms with Crippen LogP contribution in [0.2, 0.25) is 0 Å². The summed E-state index contributed by atoms with van der Waals surface area (Å²) in [5.74, 6) is 1.90. The molecular formula is C25H23N5O6S. The van der Waals surface area contributed by atoms with Gasteiger partial charge in [-0.2, -0.15) is 0 Å². The molecule has 0 amide bonds. The van der Waals surface area contributed by atoms with E-state index in [0.29, 0.717) is 28.0 Å². The molecule has 0 fully saturated rings. The molecule has 0 bridgehead atoms. The number of nitrogens with zero attached hydrogens (tertiary/aromatic N) is 5. The fraction of sp³-hybridized carbons (Fsp3) is 0.200. The predicted molar refractivity (Wildman–Crippen MR) is 137 cm³/mol. The van der Waals surface area contributed by atoms with Gasteiger partial charge >= 0.3 is 0 Å². The zero-order chi connectivity index (χ0) is 26.4. The van der Waals surface area contributed by atoms with Gasteiger partial charge in [-0.3, -0.25) is 24.8 Å². The molecule has 0 aliphatic carbocycles. The van der Waals surface area contributed by atoms with Gasteiger partial charge in [0.05, 0.1) is 12.0 Å². The van der Waals surface area contributed by atoms with Crippen LogP contribution in [0.4, 0.5) is 5.69 Å². The third-order valence-electron chi connectivity index (χ3n) is 5.47. The Morgan fingerprint density at radius 2 is 1.68 bits per heavy atom. The highest BCUT2D eigenvalue weighted by molar-refractivity contribution is 7.99. The van der Waals surface area contributed by atoms with Gasteiger partial charge in [0.15, 0.2) is 5.16 Å². The summed E-state index contributed by atoms with van der Waals surface area (Å²) < 4.78 is 12.8. The lowest BCUT2D eigenvalue weighted by atomic mass is 10.1.